The molecule has 1 amide bonds. The van der Waals surface area contributed by atoms with Crippen LogP contribution in [0.2, 0.25) is 0 Å². The van der Waals surface area contributed by atoms with Gasteiger partial charge in [-0.1, -0.05) is 48.2 Å². The summed E-state index contributed by atoms with van der Waals surface area (Å²) in [4.78, 5) is 18.3. The van der Waals surface area contributed by atoms with E-state index in [1.165, 1.54) is 31.0 Å². The van der Waals surface area contributed by atoms with Crippen molar-refractivity contribution in [2.24, 2.45) is 0 Å². The normalized spacial score (nSPS) is 14.0. The van der Waals surface area contributed by atoms with Crippen molar-refractivity contribution in [3.63, 3.8) is 0 Å². The van der Waals surface area contributed by atoms with E-state index >= 15 is 0 Å². The zero-order chi connectivity index (χ0) is 19.1. The third-order valence-corrected chi connectivity index (χ3v) is 6.74. The molecule has 6 heteroatoms. The molecular weight excluding hydrogens is 392 g/mol. The number of rotatable bonds is 5. The molecule has 1 saturated heterocycles. The van der Waals surface area contributed by atoms with Crippen LogP contribution in [-0.4, -0.2) is 40.2 Å². The number of carbonyl (C=O) groups is 1. The Labute approximate surface area is 175 Å². The summed E-state index contributed by atoms with van der Waals surface area (Å²) in [6, 6.07) is 17.9. The molecule has 3 nitrogen and oxygen atoms in total. The summed E-state index contributed by atoms with van der Waals surface area (Å²) in [6.45, 7) is 2.02. The highest BCUT2D eigenvalue weighted by Gasteiger charge is 2.21. The molecule has 2 aromatic rings. The monoisotopic (exact) mass is 416 g/mol. The number of hydrogen-bond donors (Lipinski definition) is 0. The van der Waals surface area contributed by atoms with Crippen molar-refractivity contribution < 1.29 is 4.79 Å². The van der Waals surface area contributed by atoms with Gasteiger partial charge in [-0.15, -0.1) is 11.8 Å². The quantitative estimate of drug-likeness (QED) is 0.468. The molecule has 0 unspecified atom stereocenters. The summed E-state index contributed by atoms with van der Waals surface area (Å²) in [6.07, 6.45) is 5.69. The number of piperidine rings is 1. The third kappa shape index (κ3) is 5.50. The fourth-order valence-electron chi connectivity index (χ4n) is 3.12. The first-order chi connectivity index (χ1) is 13.2. The number of para-hydroxylation sites is 1. The summed E-state index contributed by atoms with van der Waals surface area (Å²) in [5, 5.41) is 0. The van der Waals surface area contributed by atoms with E-state index in [-0.39, 0.29) is 5.91 Å². The van der Waals surface area contributed by atoms with Gasteiger partial charge in [0.15, 0.2) is 0 Å². The topological polar surface area (TPSA) is 23.6 Å². The minimum absolute atomic E-state index is 0.0452. The number of nitrogens with zero attached hydrogens (tertiary/aromatic N) is 2. The maximum absolute atomic E-state index is 13.2. The molecule has 0 saturated carbocycles. The molecule has 3 rings (SSSR count). The minimum Gasteiger partial charge on any atom is -0.358 e. The summed E-state index contributed by atoms with van der Waals surface area (Å²) >= 11 is 8.72. The molecule has 142 valence electrons. The molecule has 0 aromatic heterocycles. The average molecular weight is 417 g/mol. The smallest absolute Gasteiger partial charge is 0.241 e. The highest BCUT2D eigenvalue weighted by atomic mass is 32.2. The number of anilines is 2. The van der Waals surface area contributed by atoms with Crippen molar-refractivity contribution in [3.8, 4) is 0 Å². The standard InChI is InChI=1S/C21H24N2OS3/c1-26-19-12-8-11-18(15-19)23(17-9-4-2-5-10-17)20(24)16-27-21(25)22-13-6-3-7-14-22/h2,4-5,8-12,15H,3,6-7,13-14,16H2,1H3. The largest absolute Gasteiger partial charge is 0.358 e. The van der Waals surface area contributed by atoms with Gasteiger partial charge in [0, 0.05) is 23.7 Å². The predicted molar refractivity (Wildman–Crippen MR) is 122 cm³/mol. The van der Waals surface area contributed by atoms with Crippen LogP contribution in [-0.2, 0) is 4.79 Å². The van der Waals surface area contributed by atoms with Crippen LogP contribution in [0.1, 0.15) is 19.3 Å². The van der Waals surface area contributed by atoms with E-state index in [0.717, 1.165) is 33.7 Å². The number of amides is 1. The summed E-state index contributed by atoms with van der Waals surface area (Å²) in [5.41, 5.74) is 1.77. The second-order valence-electron chi connectivity index (χ2n) is 6.37. The lowest BCUT2D eigenvalue weighted by Crippen LogP contribution is -2.34. The van der Waals surface area contributed by atoms with Gasteiger partial charge >= 0.3 is 0 Å². The number of hydrogen-bond acceptors (Lipinski definition) is 4. The highest BCUT2D eigenvalue weighted by molar-refractivity contribution is 8.23. The minimum atomic E-state index is 0.0452. The number of thiocarbonyl (C=S) groups is 1. The van der Waals surface area contributed by atoms with E-state index in [1.807, 2.05) is 48.7 Å². The van der Waals surface area contributed by atoms with Crippen LogP contribution in [0, 0.1) is 0 Å². The summed E-state index contributed by atoms with van der Waals surface area (Å²) < 4.78 is 0.842. The third-order valence-electron chi connectivity index (χ3n) is 4.51. The van der Waals surface area contributed by atoms with Crippen molar-refractivity contribution in [2.45, 2.75) is 24.2 Å². The van der Waals surface area contributed by atoms with E-state index in [1.54, 1.807) is 16.7 Å². The van der Waals surface area contributed by atoms with Crippen LogP contribution in [0.3, 0.4) is 0 Å². The molecule has 1 heterocycles. The van der Waals surface area contributed by atoms with E-state index in [4.69, 9.17) is 12.2 Å². The van der Waals surface area contributed by atoms with E-state index < -0.39 is 0 Å². The molecule has 0 spiro atoms. The highest BCUT2D eigenvalue weighted by Crippen LogP contribution is 2.29. The Morgan fingerprint density at radius 2 is 1.74 bits per heavy atom. The van der Waals surface area contributed by atoms with Gasteiger partial charge in [-0.3, -0.25) is 9.69 Å². The van der Waals surface area contributed by atoms with Crippen LogP contribution < -0.4 is 4.90 Å². The second kappa shape index (κ2) is 10.2. The van der Waals surface area contributed by atoms with E-state index in [2.05, 4.69) is 17.0 Å². The SMILES string of the molecule is CSc1cccc(N(C(=O)CSC(=S)N2CCCCC2)c2ccccc2)c1. The molecule has 0 atom stereocenters. The Hall–Kier alpha value is -1.50. The van der Waals surface area contributed by atoms with Crippen molar-refractivity contribution in [3.05, 3.63) is 54.6 Å². The first-order valence-electron chi connectivity index (χ1n) is 9.13. The first kappa shape index (κ1) is 20.2. The Morgan fingerprint density at radius 1 is 1.04 bits per heavy atom. The predicted octanol–water partition coefficient (Wildman–Crippen LogP) is 5.58. The van der Waals surface area contributed by atoms with E-state index in [0.29, 0.717) is 5.75 Å². The number of likely N-dealkylation sites (tertiary alicyclic amines) is 1. The summed E-state index contributed by atoms with van der Waals surface area (Å²) in [5.74, 6) is 0.386. The number of carbonyl (C=O) groups excluding carboxylic acids is 1. The van der Waals surface area contributed by atoms with Gasteiger partial charge in [0.05, 0.1) is 11.4 Å². The van der Waals surface area contributed by atoms with Gasteiger partial charge in [-0.25, -0.2) is 0 Å². The fraction of sp³-hybridized carbons (Fsp3) is 0.333. The number of thioether (sulfide) groups is 2. The Balaban J connectivity index is 1.76. The van der Waals surface area contributed by atoms with Crippen LogP contribution in [0.4, 0.5) is 11.4 Å². The molecule has 1 aliphatic heterocycles. The van der Waals surface area contributed by atoms with E-state index in [9.17, 15) is 4.79 Å². The molecule has 0 aliphatic carbocycles. The molecule has 0 bridgehead atoms. The maximum atomic E-state index is 13.2. The van der Waals surface area contributed by atoms with Crippen molar-refractivity contribution in [2.75, 3.05) is 30.0 Å². The molecular formula is C21H24N2OS3. The molecule has 1 aliphatic rings. The van der Waals surface area contributed by atoms with Gasteiger partial charge in [0.25, 0.3) is 0 Å². The molecule has 0 N–H and O–H groups in total. The van der Waals surface area contributed by atoms with Gasteiger partial charge in [-0.2, -0.15) is 0 Å². The Kier molecular flexibility index (Phi) is 7.61. The van der Waals surface area contributed by atoms with Crippen molar-refractivity contribution in [1.29, 1.82) is 0 Å². The fourth-order valence-corrected chi connectivity index (χ4v) is 4.67. The first-order valence-corrected chi connectivity index (χ1v) is 11.7. The van der Waals surface area contributed by atoms with Gasteiger partial charge in [0.2, 0.25) is 5.91 Å². The maximum Gasteiger partial charge on any atom is 0.241 e. The molecule has 1 fully saturated rings. The second-order valence-corrected chi connectivity index (χ2v) is 8.86. The van der Waals surface area contributed by atoms with Crippen molar-refractivity contribution in [1.82, 2.24) is 4.90 Å². The lowest BCUT2D eigenvalue weighted by Gasteiger charge is -2.29. The summed E-state index contributed by atoms with van der Waals surface area (Å²) in [7, 11) is 0. The van der Waals surface area contributed by atoms with Crippen LogP contribution in [0.25, 0.3) is 0 Å². The van der Waals surface area contributed by atoms with Gasteiger partial charge < -0.3 is 4.90 Å². The van der Waals surface area contributed by atoms with Gasteiger partial charge in [-0.05, 0) is 55.9 Å². The number of benzene rings is 2. The average Bonchev–Trinajstić information content (AvgIpc) is 2.74. The molecule has 0 radical (unpaired) electrons. The van der Waals surface area contributed by atoms with Gasteiger partial charge in [0.1, 0.15) is 4.32 Å². The zero-order valence-electron chi connectivity index (χ0n) is 15.5. The Morgan fingerprint density at radius 3 is 2.44 bits per heavy atom. The Bertz CT molecular complexity index is 776. The lowest BCUT2D eigenvalue weighted by atomic mass is 10.1. The van der Waals surface area contributed by atoms with Crippen LogP contribution in [0.5, 0.6) is 0 Å². The molecule has 2 aromatic carbocycles. The molecule has 27 heavy (non-hydrogen) atoms. The van der Waals surface area contributed by atoms with Crippen molar-refractivity contribution >= 4 is 57.3 Å². The lowest BCUT2D eigenvalue weighted by molar-refractivity contribution is -0.115. The van der Waals surface area contributed by atoms with Crippen LogP contribution >= 0.6 is 35.7 Å². The van der Waals surface area contributed by atoms with Crippen LogP contribution in [0.15, 0.2) is 59.5 Å². The zero-order valence-corrected chi connectivity index (χ0v) is 17.9.